The largest absolute Gasteiger partial charge is 0.494 e. The van der Waals surface area contributed by atoms with E-state index in [1.54, 1.807) is 7.11 Å². The molecule has 1 aliphatic rings. The van der Waals surface area contributed by atoms with E-state index in [0.717, 1.165) is 40.2 Å². The number of nitrogens with zero attached hydrogens (tertiary/aromatic N) is 2. The molecular weight excluding hydrogens is 388 g/mol. The number of morpholine rings is 1. The molecule has 7 nitrogen and oxygen atoms in total. The number of aromatic nitrogens is 1. The van der Waals surface area contributed by atoms with Gasteiger partial charge in [-0.1, -0.05) is 11.3 Å². The van der Waals surface area contributed by atoms with Gasteiger partial charge in [-0.3, -0.25) is 10.1 Å². The normalized spacial score (nSPS) is 14.1. The van der Waals surface area contributed by atoms with Crippen LogP contribution in [-0.2, 0) is 4.74 Å². The number of hydrogen-bond donors (Lipinski definition) is 2. The first-order chi connectivity index (χ1) is 14.1. The van der Waals surface area contributed by atoms with Gasteiger partial charge in [0.2, 0.25) is 0 Å². The molecule has 1 aromatic heterocycles. The Bertz CT molecular complexity index is 1040. The fourth-order valence-corrected chi connectivity index (χ4v) is 4.50. The van der Waals surface area contributed by atoms with Crippen LogP contribution in [0.3, 0.4) is 0 Å². The van der Waals surface area contributed by atoms with Crippen molar-refractivity contribution in [2.45, 2.75) is 6.92 Å². The van der Waals surface area contributed by atoms with Crippen molar-refractivity contribution < 1.29 is 14.3 Å². The van der Waals surface area contributed by atoms with Crippen molar-refractivity contribution in [3.63, 3.8) is 0 Å². The summed E-state index contributed by atoms with van der Waals surface area (Å²) in [4.78, 5) is 19.8. The minimum Gasteiger partial charge on any atom is -0.494 e. The molecule has 0 bridgehead atoms. The van der Waals surface area contributed by atoms with E-state index < -0.39 is 0 Å². The monoisotopic (exact) mass is 412 g/mol. The second kappa shape index (κ2) is 8.26. The van der Waals surface area contributed by atoms with Gasteiger partial charge in [0.25, 0.3) is 5.91 Å². The number of hydrogen-bond acceptors (Lipinski definition) is 7. The van der Waals surface area contributed by atoms with E-state index in [4.69, 9.17) is 9.47 Å². The van der Waals surface area contributed by atoms with Crippen molar-refractivity contribution in [1.29, 1.82) is 0 Å². The van der Waals surface area contributed by atoms with Gasteiger partial charge in [-0.2, -0.15) is 0 Å². The van der Waals surface area contributed by atoms with Crippen molar-refractivity contribution in [2.75, 3.05) is 56.0 Å². The molecular formula is C21H24N4O3S. The van der Waals surface area contributed by atoms with Crippen LogP contribution in [0.2, 0.25) is 0 Å². The maximum Gasteiger partial charge on any atom is 0.257 e. The predicted molar refractivity (Wildman–Crippen MR) is 118 cm³/mol. The molecule has 3 aromatic rings. The highest BCUT2D eigenvalue weighted by molar-refractivity contribution is 7.23. The van der Waals surface area contributed by atoms with Crippen LogP contribution in [-0.4, -0.2) is 51.4 Å². The van der Waals surface area contributed by atoms with Crippen molar-refractivity contribution in [3.8, 4) is 5.75 Å². The number of fused-ring (bicyclic) bond motifs is 1. The highest BCUT2D eigenvalue weighted by Crippen LogP contribution is 2.39. The summed E-state index contributed by atoms with van der Waals surface area (Å²) in [5.74, 6) is 0.527. The molecule has 29 heavy (non-hydrogen) atoms. The average molecular weight is 413 g/mol. The molecule has 0 unspecified atom stereocenters. The maximum atomic E-state index is 12.8. The Morgan fingerprint density at radius 2 is 2.03 bits per heavy atom. The number of benzene rings is 2. The zero-order valence-corrected chi connectivity index (χ0v) is 17.6. The molecule has 0 saturated carbocycles. The summed E-state index contributed by atoms with van der Waals surface area (Å²) >= 11 is 1.47. The van der Waals surface area contributed by atoms with Gasteiger partial charge in [-0.15, -0.1) is 0 Å². The number of methoxy groups -OCH3 is 1. The molecule has 0 aliphatic carbocycles. The highest BCUT2D eigenvalue weighted by Gasteiger charge is 2.20. The molecule has 2 aromatic carbocycles. The number of aryl methyl sites for hydroxylation is 1. The van der Waals surface area contributed by atoms with Crippen LogP contribution in [0.4, 0.5) is 16.5 Å². The fourth-order valence-electron chi connectivity index (χ4n) is 3.48. The topological polar surface area (TPSA) is 75.7 Å². The van der Waals surface area contributed by atoms with Gasteiger partial charge in [-0.25, -0.2) is 4.98 Å². The third-order valence-corrected chi connectivity index (χ3v) is 6.03. The van der Waals surface area contributed by atoms with Crippen LogP contribution < -0.4 is 20.3 Å². The van der Waals surface area contributed by atoms with Crippen molar-refractivity contribution in [3.05, 3.63) is 41.5 Å². The van der Waals surface area contributed by atoms with Crippen molar-refractivity contribution >= 4 is 44.0 Å². The second-order valence-corrected chi connectivity index (χ2v) is 7.82. The summed E-state index contributed by atoms with van der Waals surface area (Å²) in [6, 6.07) is 9.65. The molecule has 152 valence electrons. The first-order valence-electron chi connectivity index (χ1n) is 9.50. The molecule has 1 aliphatic heterocycles. The Balaban J connectivity index is 1.66. The van der Waals surface area contributed by atoms with Crippen LogP contribution in [0.1, 0.15) is 15.9 Å². The van der Waals surface area contributed by atoms with E-state index in [9.17, 15) is 4.79 Å². The maximum absolute atomic E-state index is 12.8. The first-order valence-corrected chi connectivity index (χ1v) is 10.3. The smallest absolute Gasteiger partial charge is 0.257 e. The average Bonchev–Trinajstić information content (AvgIpc) is 3.16. The fraction of sp³-hybridized carbons (Fsp3) is 0.333. The molecule has 0 atom stereocenters. The summed E-state index contributed by atoms with van der Waals surface area (Å²) in [6.45, 7) is 5.00. The van der Waals surface area contributed by atoms with E-state index in [2.05, 4.69) is 26.6 Å². The Morgan fingerprint density at radius 1 is 1.24 bits per heavy atom. The summed E-state index contributed by atoms with van der Waals surface area (Å²) in [5.41, 5.74) is 4.36. The molecule has 0 spiro atoms. The van der Waals surface area contributed by atoms with E-state index in [1.165, 1.54) is 11.3 Å². The summed E-state index contributed by atoms with van der Waals surface area (Å²) in [6.07, 6.45) is 0. The van der Waals surface area contributed by atoms with Crippen molar-refractivity contribution in [1.82, 2.24) is 4.98 Å². The van der Waals surface area contributed by atoms with Gasteiger partial charge in [0, 0.05) is 31.4 Å². The van der Waals surface area contributed by atoms with Gasteiger partial charge < -0.3 is 19.7 Å². The quantitative estimate of drug-likeness (QED) is 0.665. The SMILES string of the molecule is CNc1ccc(C(=O)Nc2nc3c(OC)ccc(N4CCOCC4)c3s2)c(C)c1. The number of nitrogens with one attached hydrogen (secondary N) is 2. The number of thiazole rings is 1. The van der Waals surface area contributed by atoms with Crippen LogP contribution in [0.25, 0.3) is 10.2 Å². The highest BCUT2D eigenvalue weighted by atomic mass is 32.1. The number of amides is 1. The number of carbonyl (C=O) groups excluding carboxylic acids is 1. The Kier molecular flexibility index (Phi) is 5.55. The molecule has 1 amide bonds. The summed E-state index contributed by atoms with van der Waals surface area (Å²) < 4.78 is 12.0. The molecule has 8 heteroatoms. The van der Waals surface area contributed by atoms with Crippen LogP contribution >= 0.6 is 11.3 Å². The van der Waals surface area contributed by atoms with Gasteiger partial charge in [0.15, 0.2) is 5.13 Å². The van der Waals surface area contributed by atoms with E-state index in [0.29, 0.717) is 29.7 Å². The minimum atomic E-state index is -0.170. The van der Waals surface area contributed by atoms with Crippen LogP contribution in [0.5, 0.6) is 5.75 Å². The molecule has 4 rings (SSSR count). The number of rotatable bonds is 5. The zero-order chi connectivity index (χ0) is 20.4. The number of anilines is 3. The number of ether oxygens (including phenoxy) is 2. The zero-order valence-electron chi connectivity index (χ0n) is 16.7. The Hall–Kier alpha value is -2.84. The van der Waals surface area contributed by atoms with Crippen molar-refractivity contribution in [2.24, 2.45) is 0 Å². The predicted octanol–water partition coefficient (Wildman–Crippen LogP) is 3.74. The van der Waals surface area contributed by atoms with Gasteiger partial charge >= 0.3 is 0 Å². The van der Waals surface area contributed by atoms with Gasteiger partial charge in [0.1, 0.15) is 11.3 Å². The number of carbonyl (C=O) groups is 1. The molecule has 1 saturated heterocycles. The van der Waals surface area contributed by atoms with Gasteiger partial charge in [-0.05, 0) is 42.8 Å². The lowest BCUT2D eigenvalue weighted by molar-refractivity contribution is 0.102. The molecule has 1 fully saturated rings. The molecule has 2 heterocycles. The van der Waals surface area contributed by atoms with Gasteiger partial charge in [0.05, 0.1) is 30.7 Å². The lowest BCUT2D eigenvalue weighted by atomic mass is 10.1. The first kappa shape index (κ1) is 19.5. The second-order valence-electron chi connectivity index (χ2n) is 6.82. The molecule has 2 N–H and O–H groups in total. The van der Waals surface area contributed by atoms with E-state index in [1.807, 2.05) is 38.2 Å². The van der Waals surface area contributed by atoms with Crippen LogP contribution in [0.15, 0.2) is 30.3 Å². The van der Waals surface area contributed by atoms with E-state index in [-0.39, 0.29) is 5.91 Å². The lowest BCUT2D eigenvalue weighted by Gasteiger charge is -2.29. The van der Waals surface area contributed by atoms with E-state index >= 15 is 0 Å². The summed E-state index contributed by atoms with van der Waals surface area (Å²) in [5, 5.41) is 6.60. The Morgan fingerprint density at radius 3 is 2.72 bits per heavy atom. The summed E-state index contributed by atoms with van der Waals surface area (Å²) in [7, 11) is 3.49. The standard InChI is InChI=1S/C21H24N4O3S/c1-13-12-14(22-2)4-5-15(13)20(26)24-21-23-18-17(27-3)7-6-16(19(18)29-21)25-8-10-28-11-9-25/h4-7,12,22H,8-11H2,1-3H3,(H,23,24,26). The van der Waals surface area contributed by atoms with Crippen LogP contribution in [0, 0.1) is 6.92 Å². The minimum absolute atomic E-state index is 0.170. The Labute approximate surface area is 173 Å². The third kappa shape index (κ3) is 3.86. The lowest BCUT2D eigenvalue weighted by Crippen LogP contribution is -2.36. The molecule has 0 radical (unpaired) electrons. The third-order valence-electron chi connectivity index (χ3n) is 5.04.